The Morgan fingerprint density at radius 3 is 2.29 bits per heavy atom. The number of benzene rings is 2. The molecular weight excluding hydrogens is 470 g/mol. The summed E-state index contributed by atoms with van der Waals surface area (Å²) in [5, 5.41) is 12.9. The number of piperazine rings is 1. The minimum Gasteiger partial charge on any atom is -0.392 e. The van der Waals surface area contributed by atoms with Gasteiger partial charge in [0, 0.05) is 38.4 Å². The number of aliphatic imine (C=N–C) groups is 1. The Morgan fingerprint density at radius 1 is 1.04 bits per heavy atom. The first-order valence-electron chi connectivity index (χ1n) is 9.42. The summed E-state index contributed by atoms with van der Waals surface area (Å²) in [7, 11) is 0. The minimum atomic E-state index is -0.206. The molecule has 2 N–H and O–H groups in total. The van der Waals surface area contributed by atoms with Crippen LogP contribution in [0.1, 0.15) is 18.1 Å². The van der Waals surface area contributed by atoms with Crippen LogP contribution >= 0.6 is 24.0 Å². The summed E-state index contributed by atoms with van der Waals surface area (Å²) < 4.78 is 13.1. The van der Waals surface area contributed by atoms with E-state index in [9.17, 15) is 9.50 Å². The number of hydrogen-bond acceptors (Lipinski definition) is 3. The molecule has 1 aliphatic rings. The smallest absolute Gasteiger partial charge is 0.194 e. The average Bonchev–Trinajstić information content (AvgIpc) is 2.72. The molecule has 0 atom stereocenters. The lowest BCUT2D eigenvalue weighted by Gasteiger charge is -2.37. The third-order valence-electron chi connectivity index (χ3n) is 4.79. The average molecular weight is 498 g/mol. The van der Waals surface area contributed by atoms with E-state index in [-0.39, 0.29) is 36.4 Å². The molecule has 1 heterocycles. The van der Waals surface area contributed by atoms with Gasteiger partial charge in [0.1, 0.15) is 5.82 Å². The van der Waals surface area contributed by atoms with Crippen LogP contribution in [0.3, 0.4) is 0 Å². The van der Waals surface area contributed by atoms with Crippen molar-refractivity contribution in [3.05, 3.63) is 65.5 Å². The van der Waals surface area contributed by atoms with Crippen molar-refractivity contribution >= 4 is 35.6 Å². The van der Waals surface area contributed by atoms with E-state index in [2.05, 4.69) is 22.0 Å². The highest BCUT2D eigenvalue weighted by molar-refractivity contribution is 14.0. The van der Waals surface area contributed by atoms with Crippen molar-refractivity contribution in [3.8, 4) is 0 Å². The Bertz CT molecular complexity index is 761. The van der Waals surface area contributed by atoms with Gasteiger partial charge >= 0.3 is 0 Å². The van der Waals surface area contributed by atoms with Crippen molar-refractivity contribution in [1.82, 2.24) is 10.2 Å². The van der Waals surface area contributed by atoms with Gasteiger partial charge in [0.25, 0.3) is 0 Å². The summed E-state index contributed by atoms with van der Waals surface area (Å²) in [6.45, 7) is 6.86. The fourth-order valence-corrected chi connectivity index (χ4v) is 3.28. The van der Waals surface area contributed by atoms with Gasteiger partial charge in [0.05, 0.1) is 13.2 Å². The SMILES string of the molecule is CCNC(=NCc1ccccc1CO)N1CCN(c2ccc(F)cc2)CC1.I. The first-order valence-corrected chi connectivity index (χ1v) is 9.42. The fraction of sp³-hybridized carbons (Fsp3) is 0.381. The van der Waals surface area contributed by atoms with Gasteiger partial charge in [0.2, 0.25) is 0 Å². The highest BCUT2D eigenvalue weighted by Gasteiger charge is 2.20. The van der Waals surface area contributed by atoms with Crippen LogP contribution in [-0.2, 0) is 13.2 Å². The quantitative estimate of drug-likeness (QED) is 0.378. The Hall–Kier alpha value is -1.87. The zero-order valence-corrected chi connectivity index (χ0v) is 18.5. The number of guanidine groups is 1. The molecule has 1 fully saturated rings. The minimum absolute atomic E-state index is 0. The highest BCUT2D eigenvalue weighted by atomic mass is 127. The van der Waals surface area contributed by atoms with Gasteiger partial charge < -0.3 is 20.2 Å². The molecule has 152 valence electrons. The normalized spacial score (nSPS) is 14.6. The molecule has 2 aromatic carbocycles. The van der Waals surface area contributed by atoms with E-state index in [0.717, 1.165) is 55.5 Å². The fourth-order valence-electron chi connectivity index (χ4n) is 3.28. The van der Waals surface area contributed by atoms with Crippen molar-refractivity contribution in [1.29, 1.82) is 0 Å². The van der Waals surface area contributed by atoms with Crippen molar-refractivity contribution in [2.75, 3.05) is 37.6 Å². The highest BCUT2D eigenvalue weighted by Crippen LogP contribution is 2.17. The topological polar surface area (TPSA) is 51.1 Å². The number of nitrogens with one attached hydrogen (secondary N) is 1. The monoisotopic (exact) mass is 498 g/mol. The second kappa shape index (κ2) is 11.2. The van der Waals surface area contributed by atoms with Gasteiger partial charge in [-0.2, -0.15) is 0 Å². The van der Waals surface area contributed by atoms with Crippen LogP contribution in [0.4, 0.5) is 10.1 Å². The molecule has 0 saturated carbocycles. The standard InChI is InChI=1S/C21H27FN4O.HI/c1-2-23-21(24-15-17-5-3-4-6-18(17)16-27)26-13-11-25(12-14-26)20-9-7-19(22)8-10-20;/h3-10,27H,2,11-16H2,1H3,(H,23,24);1H. The number of anilines is 1. The van der Waals surface area contributed by atoms with E-state index >= 15 is 0 Å². The number of aliphatic hydroxyl groups excluding tert-OH is 1. The molecule has 0 radical (unpaired) electrons. The van der Waals surface area contributed by atoms with Crippen LogP contribution in [0.25, 0.3) is 0 Å². The molecule has 0 unspecified atom stereocenters. The molecule has 0 aliphatic carbocycles. The van der Waals surface area contributed by atoms with Crippen LogP contribution in [0, 0.1) is 5.82 Å². The maximum absolute atomic E-state index is 13.1. The molecule has 5 nitrogen and oxygen atoms in total. The summed E-state index contributed by atoms with van der Waals surface area (Å²) in [6.07, 6.45) is 0. The molecule has 2 aromatic rings. The third-order valence-corrected chi connectivity index (χ3v) is 4.79. The van der Waals surface area contributed by atoms with E-state index < -0.39 is 0 Å². The number of hydrogen-bond donors (Lipinski definition) is 2. The molecule has 1 saturated heterocycles. The van der Waals surface area contributed by atoms with Gasteiger partial charge in [-0.3, -0.25) is 0 Å². The largest absolute Gasteiger partial charge is 0.392 e. The van der Waals surface area contributed by atoms with E-state index in [1.165, 1.54) is 12.1 Å². The zero-order valence-electron chi connectivity index (χ0n) is 16.1. The van der Waals surface area contributed by atoms with Crippen LogP contribution in [0.5, 0.6) is 0 Å². The second-order valence-corrected chi connectivity index (χ2v) is 6.55. The molecule has 1 aliphatic heterocycles. The molecule has 28 heavy (non-hydrogen) atoms. The Kier molecular flexibility index (Phi) is 8.98. The van der Waals surface area contributed by atoms with Gasteiger partial charge in [-0.1, -0.05) is 24.3 Å². The molecule has 7 heteroatoms. The van der Waals surface area contributed by atoms with Crippen LogP contribution < -0.4 is 10.2 Å². The number of nitrogens with zero attached hydrogens (tertiary/aromatic N) is 3. The first-order chi connectivity index (χ1) is 13.2. The van der Waals surface area contributed by atoms with E-state index in [1.54, 1.807) is 0 Å². The molecular formula is C21H28FIN4O. The second-order valence-electron chi connectivity index (χ2n) is 6.55. The number of halogens is 2. The van der Waals surface area contributed by atoms with Crippen molar-refractivity contribution in [2.45, 2.75) is 20.1 Å². The molecule has 0 spiro atoms. The molecule has 0 bridgehead atoms. The Labute approximate surface area is 183 Å². The summed E-state index contributed by atoms with van der Waals surface area (Å²) in [4.78, 5) is 9.30. The number of aliphatic hydroxyl groups is 1. The Morgan fingerprint density at radius 2 is 1.68 bits per heavy atom. The summed E-state index contributed by atoms with van der Waals surface area (Å²) >= 11 is 0. The van der Waals surface area contributed by atoms with E-state index in [1.807, 2.05) is 36.4 Å². The van der Waals surface area contributed by atoms with Crippen LogP contribution in [-0.4, -0.2) is 48.7 Å². The Balaban J connectivity index is 0.00000280. The lowest BCUT2D eigenvalue weighted by atomic mass is 10.1. The third kappa shape index (κ3) is 5.81. The summed E-state index contributed by atoms with van der Waals surface area (Å²) in [5.74, 6) is 0.686. The zero-order chi connectivity index (χ0) is 19.1. The lowest BCUT2D eigenvalue weighted by Crippen LogP contribution is -2.52. The molecule has 0 amide bonds. The summed E-state index contributed by atoms with van der Waals surface area (Å²) in [6, 6.07) is 14.5. The maximum Gasteiger partial charge on any atom is 0.194 e. The summed E-state index contributed by atoms with van der Waals surface area (Å²) in [5.41, 5.74) is 3.01. The van der Waals surface area contributed by atoms with Crippen molar-refractivity contribution in [2.24, 2.45) is 4.99 Å². The van der Waals surface area contributed by atoms with Gasteiger partial charge in [0.15, 0.2) is 5.96 Å². The van der Waals surface area contributed by atoms with Gasteiger partial charge in [-0.25, -0.2) is 9.38 Å². The molecule has 0 aromatic heterocycles. The van der Waals surface area contributed by atoms with Crippen LogP contribution in [0.15, 0.2) is 53.5 Å². The van der Waals surface area contributed by atoms with Crippen molar-refractivity contribution < 1.29 is 9.50 Å². The van der Waals surface area contributed by atoms with Crippen molar-refractivity contribution in [3.63, 3.8) is 0 Å². The van der Waals surface area contributed by atoms with Gasteiger partial charge in [-0.15, -0.1) is 24.0 Å². The first kappa shape index (κ1) is 22.4. The predicted molar refractivity (Wildman–Crippen MR) is 123 cm³/mol. The van der Waals surface area contributed by atoms with E-state index in [4.69, 9.17) is 4.99 Å². The van der Waals surface area contributed by atoms with E-state index in [0.29, 0.717) is 6.54 Å². The van der Waals surface area contributed by atoms with Crippen LogP contribution in [0.2, 0.25) is 0 Å². The number of rotatable bonds is 5. The van der Waals surface area contributed by atoms with Gasteiger partial charge in [-0.05, 0) is 42.3 Å². The lowest BCUT2D eigenvalue weighted by molar-refractivity contribution is 0.280. The molecule has 3 rings (SSSR count). The predicted octanol–water partition coefficient (Wildman–Crippen LogP) is 3.22. The maximum atomic E-state index is 13.1.